The number of rotatable bonds is 4. The summed E-state index contributed by atoms with van der Waals surface area (Å²) >= 11 is 0. The summed E-state index contributed by atoms with van der Waals surface area (Å²) < 4.78 is 2.03. The average molecular weight is 381 g/mol. The van der Waals surface area contributed by atoms with Crippen LogP contribution in [0.25, 0.3) is 5.82 Å². The molecular formula is C22H32N6. The molecule has 0 saturated heterocycles. The fraction of sp³-hybridized carbons (Fsp3) is 0.591. The third kappa shape index (κ3) is 4.21. The van der Waals surface area contributed by atoms with E-state index in [9.17, 15) is 0 Å². The van der Waals surface area contributed by atoms with E-state index in [0.29, 0.717) is 12.6 Å². The molecule has 0 bridgehead atoms. The van der Waals surface area contributed by atoms with Crippen molar-refractivity contribution in [3.63, 3.8) is 0 Å². The molecule has 2 aromatic rings. The molecule has 3 atom stereocenters. The standard InChI is InChI=1S/C22H32N6/c1-16-24-12-13-28(16)21-19(8-5-11-25-21)15-26-22(23-2)27-20-10-9-17-6-3-4-7-18(17)14-20/h5,8,11-13,17-18,20H,3-4,6-7,9-10,14-15H2,1-2H3,(H2,23,26,27). The summed E-state index contributed by atoms with van der Waals surface area (Å²) in [4.78, 5) is 13.4. The van der Waals surface area contributed by atoms with Gasteiger partial charge in [-0.25, -0.2) is 9.97 Å². The van der Waals surface area contributed by atoms with Gasteiger partial charge in [0, 0.05) is 43.8 Å². The van der Waals surface area contributed by atoms with Gasteiger partial charge in [0.25, 0.3) is 0 Å². The Morgan fingerprint density at radius 3 is 2.79 bits per heavy atom. The lowest BCUT2D eigenvalue weighted by Crippen LogP contribution is -2.46. The number of pyridine rings is 1. The van der Waals surface area contributed by atoms with Crippen LogP contribution < -0.4 is 10.6 Å². The molecule has 2 N–H and O–H groups in total. The molecule has 0 radical (unpaired) electrons. The number of aromatic nitrogens is 3. The molecule has 150 valence electrons. The number of nitrogens with one attached hydrogen (secondary N) is 2. The van der Waals surface area contributed by atoms with E-state index in [1.165, 1.54) is 44.9 Å². The number of aryl methyl sites for hydroxylation is 1. The number of aliphatic imine (C=N–C) groups is 1. The van der Waals surface area contributed by atoms with Crippen LogP contribution in [0.15, 0.2) is 35.7 Å². The van der Waals surface area contributed by atoms with E-state index in [-0.39, 0.29) is 0 Å². The van der Waals surface area contributed by atoms with Crippen molar-refractivity contribution in [1.82, 2.24) is 25.2 Å². The Kier molecular flexibility index (Phi) is 5.93. The Labute approximate surface area is 167 Å². The lowest BCUT2D eigenvalue weighted by molar-refractivity contribution is 0.150. The van der Waals surface area contributed by atoms with Crippen LogP contribution in [0, 0.1) is 18.8 Å². The summed E-state index contributed by atoms with van der Waals surface area (Å²) in [6.45, 7) is 2.67. The predicted molar refractivity (Wildman–Crippen MR) is 113 cm³/mol. The molecule has 2 fully saturated rings. The van der Waals surface area contributed by atoms with E-state index in [0.717, 1.165) is 35.0 Å². The number of guanidine groups is 1. The molecular weight excluding hydrogens is 348 g/mol. The maximum atomic E-state index is 4.57. The minimum Gasteiger partial charge on any atom is -0.354 e. The van der Waals surface area contributed by atoms with Crippen LogP contribution in [-0.2, 0) is 6.54 Å². The number of fused-ring (bicyclic) bond motifs is 1. The Morgan fingerprint density at radius 1 is 1.14 bits per heavy atom. The monoisotopic (exact) mass is 380 g/mol. The second-order valence-corrected chi connectivity index (χ2v) is 8.22. The maximum Gasteiger partial charge on any atom is 0.191 e. The smallest absolute Gasteiger partial charge is 0.191 e. The molecule has 2 aliphatic carbocycles. The lowest BCUT2D eigenvalue weighted by Gasteiger charge is -2.39. The van der Waals surface area contributed by atoms with Gasteiger partial charge in [-0.05, 0) is 44.1 Å². The van der Waals surface area contributed by atoms with Gasteiger partial charge in [0.15, 0.2) is 5.96 Å². The van der Waals surface area contributed by atoms with Crippen molar-refractivity contribution in [2.24, 2.45) is 16.8 Å². The summed E-state index contributed by atoms with van der Waals surface area (Å²) in [5.74, 6) is 4.62. The van der Waals surface area contributed by atoms with E-state index < -0.39 is 0 Å². The van der Waals surface area contributed by atoms with Gasteiger partial charge in [-0.1, -0.05) is 31.7 Å². The first-order chi connectivity index (χ1) is 13.7. The van der Waals surface area contributed by atoms with Crippen LogP contribution in [0.2, 0.25) is 0 Å². The SMILES string of the molecule is CN=C(NCc1cccnc1-n1ccnc1C)NC1CCC2CCCCC2C1. The Bertz CT molecular complexity index is 811. The van der Waals surface area contributed by atoms with Gasteiger partial charge >= 0.3 is 0 Å². The molecule has 0 aromatic carbocycles. The normalized spacial score (nSPS) is 25.2. The molecule has 0 amide bonds. The number of nitrogens with zero attached hydrogens (tertiary/aromatic N) is 4. The minimum atomic E-state index is 0.537. The highest BCUT2D eigenvalue weighted by atomic mass is 15.2. The van der Waals surface area contributed by atoms with Crippen LogP contribution in [0.3, 0.4) is 0 Å². The van der Waals surface area contributed by atoms with Gasteiger partial charge < -0.3 is 10.6 Å². The molecule has 6 nitrogen and oxygen atoms in total. The molecule has 6 heteroatoms. The first-order valence-corrected chi connectivity index (χ1v) is 10.7. The summed E-state index contributed by atoms with van der Waals surface area (Å²) in [7, 11) is 1.85. The fourth-order valence-corrected chi connectivity index (χ4v) is 4.96. The summed E-state index contributed by atoms with van der Waals surface area (Å²) in [6.07, 6.45) is 15.2. The summed E-state index contributed by atoms with van der Waals surface area (Å²) in [5.41, 5.74) is 1.13. The van der Waals surface area contributed by atoms with Crippen molar-refractivity contribution in [1.29, 1.82) is 0 Å². The molecule has 0 aliphatic heterocycles. The lowest BCUT2D eigenvalue weighted by atomic mass is 9.69. The molecule has 2 saturated carbocycles. The van der Waals surface area contributed by atoms with Crippen molar-refractivity contribution in [2.45, 2.75) is 64.5 Å². The summed E-state index contributed by atoms with van der Waals surface area (Å²) in [6, 6.07) is 4.62. The fourth-order valence-electron chi connectivity index (χ4n) is 4.96. The van der Waals surface area contributed by atoms with E-state index in [1.807, 2.05) is 43.2 Å². The van der Waals surface area contributed by atoms with Gasteiger partial charge in [-0.3, -0.25) is 9.56 Å². The van der Waals surface area contributed by atoms with E-state index in [1.54, 1.807) is 0 Å². The van der Waals surface area contributed by atoms with Crippen molar-refractivity contribution in [2.75, 3.05) is 7.05 Å². The van der Waals surface area contributed by atoms with Gasteiger partial charge in [-0.2, -0.15) is 0 Å². The van der Waals surface area contributed by atoms with Gasteiger partial charge in [0.2, 0.25) is 0 Å². The van der Waals surface area contributed by atoms with Gasteiger partial charge in [0.05, 0.1) is 0 Å². The van der Waals surface area contributed by atoms with Crippen molar-refractivity contribution >= 4 is 5.96 Å². The second kappa shape index (κ2) is 8.76. The highest BCUT2D eigenvalue weighted by Gasteiger charge is 2.32. The van der Waals surface area contributed by atoms with E-state index in [2.05, 4.69) is 31.7 Å². The van der Waals surface area contributed by atoms with Crippen molar-refractivity contribution in [3.8, 4) is 5.82 Å². The maximum absolute atomic E-state index is 4.57. The predicted octanol–water partition coefficient (Wildman–Crippen LogP) is 3.60. The molecule has 28 heavy (non-hydrogen) atoms. The molecule has 2 aliphatic rings. The number of hydrogen-bond acceptors (Lipinski definition) is 3. The third-order valence-electron chi connectivity index (χ3n) is 6.47. The van der Waals surface area contributed by atoms with Crippen molar-refractivity contribution < 1.29 is 0 Å². The van der Waals surface area contributed by atoms with Gasteiger partial charge in [-0.15, -0.1) is 0 Å². The van der Waals surface area contributed by atoms with Crippen molar-refractivity contribution in [3.05, 3.63) is 42.1 Å². The molecule has 0 spiro atoms. The number of imidazole rings is 1. The van der Waals surface area contributed by atoms with Gasteiger partial charge in [0.1, 0.15) is 11.6 Å². The molecule has 4 rings (SSSR count). The van der Waals surface area contributed by atoms with Crippen LogP contribution in [0.5, 0.6) is 0 Å². The average Bonchev–Trinajstić information content (AvgIpc) is 3.17. The van der Waals surface area contributed by atoms with Crippen LogP contribution in [0.4, 0.5) is 0 Å². The van der Waals surface area contributed by atoms with E-state index in [4.69, 9.17) is 0 Å². The first kappa shape index (κ1) is 19.0. The Hall–Kier alpha value is -2.37. The quantitative estimate of drug-likeness (QED) is 0.628. The number of hydrogen-bond donors (Lipinski definition) is 2. The topological polar surface area (TPSA) is 67.1 Å². The molecule has 2 heterocycles. The zero-order valence-corrected chi connectivity index (χ0v) is 17.1. The Balaban J connectivity index is 1.37. The Morgan fingerprint density at radius 2 is 2.00 bits per heavy atom. The van der Waals surface area contributed by atoms with Crippen LogP contribution >= 0.6 is 0 Å². The highest BCUT2D eigenvalue weighted by Crippen LogP contribution is 2.40. The summed E-state index contributed by atoms with van der Waals surface area (Å²) in [5, 5.41) is 7.17. The van der Waals surface area contributed by atoms with Crippen LogP contribution in [-0.4, -0.2) is 33.6 Å². The molecule has 3 unspecified atom stereocenters. The zero-order chi connectivity index (χ0) is 19.3. The van der Waals surface area contributed by atoms with E-state index >= 15 is 0 Å². The zero-order valence-electron chi connectivity index (χ0n) is 17.1. The highest BCUT2D eigenvalue weighted by molar-refractivity contribution is 5.80. The molecule has 2 aromatic heterocycles. The first-order valence-electron chi connectivity index (χ1n) is 10.7. The third-order valence-corrected chi connectivity index (χ3v) is 6.47. The largest absolute Gasteiger partial charge is 0.354 e. The minimum absolute atomic E-state index is 0.537. The second-order valence-electron chi connectivity index (χ2n) is 8.22. The van der Waals surface area contributed by atoms with Crippen LogP contribution in [0.1, 0.15) is 56.3 Å².